The molecule has 0 radical (unpaired) electrons. The van der Waals surface area contributed by atoms with Gasteiger partial charge in [0.1, 0.15) is 11.6 Å². The third-order valence-corrected chi connectivity index (χ3v) is 6.10. The first-order chi connectivity index (χ1) is 13.0. The van der Waals surface area contributed by atoms with Crippen LogP contribution in [-0.4, -0.2) is 19.9 Å². The van der Waals surface area contributed by atoms with Gasteiger partial charge in [-0.1, -0.05) is 0 Å². The molecule has 0 spiro atoms. The summed E-state index contributed by atoms with van der Waals surface area (Å²) in [5, 5.41) is 0. The maximum atomic E-state index is 4.82. The predicted octanol–water partition coefficient (Wildman–Crippen LogP) is 5.68. The average molecular weight is 375 g/mol. The van der Waals surface area contributed by atoms with Gasteiger partial charge in [-0.2, -0.15) is 0 Å². The van der Waals surface area contributed by atoms with E-state index in [1.54, 1.807) is 0 Å². The fourth-order valence-electron chi connectivity index (χ4n) is 4.05. The van der Waals surface area contributed by atoms with Crippen molar-refractivity contribution in [3.8, 4) is 22.5 Å². The fourth-order valence-corrected chi connectivity index (χ4v) is 4.05. The lowest BCUT2D eigenvalue weighted by molar-refractivity contribution is 0.982. The monoisotopic (exact) mass is 374 g/mol. The van der Waals surface area contributed by atoms with Crippen molar-refractivity contribution in [2.45, 2.75) is 69.2 Å². The fraction of sp³-hybridized carbons (Fsp3) is 0.417. The molecule has 3 rings (SSSR count). The standard InChI is InChI=1S/C24H30N4/c1-11-12(2)22(24-16(6)18(8)26-20(10)28-24)14(4)13(3)21(11)23-15(5)17(7)25-19(9)27-23/h1-10H3. The number of aryl methyl sites for hydroxylation is 4. The predicted molar refractivity (Wildman–Crippen MR) is 116 cm³/mol. The Hall–Kier alpha value is -2.62. The molecule has 0 fully saturated rings. The van der Waals surface area contributed by atoms with E-state index in [1.165, 1.54) is 33.4 Å². The summed E-state index contributed by atoms with van der Waals surface area (Å²) in [6.45, 7) is 21.1. The summed E-state index contributed by atoms with van der Waals surface area (Å²) in [4.78, 5) is 18.7. The van der Waals surface area contributed by atoms with Gasteiger partial charge in [0.25, 0.3) is 0 Å². The zero-order chi connectivity index (χ0) is 20.9. The average Bonchev–Trinajstić information content (AvgIpc) is 2.61. The van der Waals surface area contributed by atoms with Gasteiger partial charge in [-0.25, -0.2) is 19.9 Å². The lowest BCUT2D eigenvalue weighted by atomic mass is 9.84. The minimum atomic E-state index is 0.814. The summed E-state index contributed by atoms with van der Waals surface area (Å²) < 4.78 is 0. The van der Waals surface area contributed by atoms with Crippen molar-refractivity contribution >= 4 is 0 Å². The van der Waals surface area contributed by atoms with Crippen molar-refractivity contribution in [2.24, 2.45) is 0 Å². The molecule has 0 aliphatic rings. The first kappa shape index (κ1) is 20.1. The largest absolute Gasteiger partial charge is 0.238 e. The van der Waals surface area contributed by atoms with Gasteiger partial charge in [0.05, 0.1) is 11.4 Å². The van der Waals surface area contributed by atoms with Crippen LogP contribution in [0.3, 0.4) is 0 Å². The van der Waals surface area contributed by atoms with Gasteiger partial charge >= 0.3 is 0 Å². The smallest absolute Gasteiger partial charge is 0.126 e. The Morgan fingerprint density at radius 3 is 0.929 bits per heavy atom. The molecule has 0 aliphatic carbocycles. The Morgan fingerprint density at radius 1 is 0.357 bits per heavy atom. The minimum absolute atomic E-state index is 0.814. The molecule has 3 aromatic rings. The summed E-state index contributed by atoms with van der Waals surface area (Å²) in [6.07, 6.45) is 0. The molecular formula is C24H30N4. The van der Waals surface area contributed by atoms with Crippen molar-refractivity contribution in [1.82, 2.24) is 19.9 Å². The van der Waals surface area contributed by atoms with Crippen LogP contribution in [0.1, 0.15) is 56.4 Å². The molecule has 2 heterocycles. The first-order valence-corrected chi connectivity index (χ1v) is 9.79. The Morgan fingerprint density at radius 2 is 0.643 bits per heavy atom. The molecule has 4 heteroatoms. The molecule has 0 unspecified atom stereocenters. The van der Waals surface area contributed by atoms with Gasteiger partial charge in [0.15, 0.2) is 0 Å². The molecule has 0 saturated heterocycles. The zero-order valence-corrected chi connectivity index (χ0v) is 18.8. The molecule has 1 aromatic carbocycles. The van der Waals surface area contributed by atoms with E-state index in [1.807, 2.05) is 13.8 Å². The van der Waals surface area contributed by atoms with Crippen molar-refractivity contribution in [3.63, 3.8) is 0 Å². The Balaban J connectivity index is 2.40. The second kappa shape index (κ2) is 7.08. The highest BCUT2D eigenvalue weighted by Crippen LogP contribution is 2.40. The summed E-state index contributed by atoms with van der Waals surface area (Å²) in [5.41, 5.74) is 13.9. The molecular weight excluding hydrogens is 344 g/mol. The maximum absolute atomic E-state index is 4.82. The van der Waals surface area contributed by atoms with E-state index in [4.69, 9.17) is 9.97 Å². The summed E-state index contributed by atoms with van der Waals surface area (Å²) >= 11 is 0. The van der Waals surface area contributed by atoms with E-state index in [-0.39, 0.29) is 0 Å². The molecule has 0 N–H and O–H groups in total. The number of rotatable bonds is 2. The molecule has 4 nitrogen and oxygen atoms in total. The molecule has 0 bridgehead atoms. The Bertz CT molecular complexity index is 993. The molecule has 0 aliphatic heterocycles. The van der Waals surface area contributed by atoms with E-state index in [2.05, 4.69) is 65.4 Å². The van der Waals surface area contributed by atoms with Crippen LogP contribution in [0.15, 0.2) is 0 Å². The Kier molecular flexibility index (Phi) is 5.09. The van der Waals surface area contributed by atoms with E-state index < -0.39 is 0 Å². The summed E-state index contributed by atoms with van der Waals surface area (Å²) in [7, 11) is 0. The van der Waals surface area contributed by atoms with Crippen LogP contribution in [-0.2, 0) is 0 Å². The van der Waals surface area contributed by atoms with E-state index in [9.17, 15) is 0 Å². The highest BCUT2D eigenvalue weighted by atomic mass is 14.9. The highest BCUT2D eigenvalue weighted by Gasteiger charge is 2.22. The second-order valence-electron chi connectivity index (χ2n) is 7.91. The van der Waals surface area contributed by atoms with Crippen LogP contribution in [0, 0.1) is 69.2 Å². The van der Waals surface area contributed by atoms with Gasteiger partial charge in [-0.05, 0) is 103 Å². The van der Waals surface area contributed by atoms with Gasteiger partial charge in [0, 0.05) is 22.5 Å². The topological polar surface area (TPSA) is 51.6 Å². The van der Waals surface area contributed by atoms with Gasteiger partial charge < -0.3 is 0 Å². The quantitative estimate of drug-likeness (QED) is 0.578. The minimum Gasteiger partial charge on any atom is -0.238 e. The summed E-state index contributed by atoms with van der Waals surface area (Å²) in [6, 6.07) is 0. The van der Waals surface area contributed by atoms with Gasteiger partial charge in [-0.15, -0.1) is 0 Å². The molecule has 0 amide bonds. The van der Waals surface area contributed by atoms with Crippen molar-refractivity contribution < 1.29 is 0 Å². The molecule has 0 saturated carbocycles. The van der Waals surface area contributed by atoms with Crippen LogP contribution in [0.4, 0.5) is 0 Å². The number of hydrogen-bond donors (Lipinski definition) is 0. The van der Waals surface area contributed by atoms with Crippen LogP contribution in [0.25, 0.3) is 22.5 Å². The molecule has 0 atom stereocenters. The SMILES string of the molecule is Cc1nc(C)c(C)c(-c2c(C)c(C)c(-c3nc(C)nc(C)c3C)c(C)c2C)n1. The number of hydrogen-bond acceptors (Lipinski definition) is 4. The van der Waals surface area contributed by atoms with Gasteiger partial charge in [0.2, 0.25) is 0 Å². The lowest BCUT2D eigenvalue weighted by Gasteiger charge is -2.23. The highest BCUT2D eigenvalue weighted by molar-refractivity contribution is 5.82. The van der Waals surface area contributed by atoms with E-state index in [0.29, 0.717) is 0 Å². The van der Waals surface area contributed by atoms with Crippen LogP contribution in [0.2, 0.25) is 0 Å². The van der Waals surface area contributed by atoms with E-state index >= 15 is 0 Å². The number of nitrogens with zero attached hydrogens (tertiary/aromatic N) is 4. The van der Waals surface area contributed by atoms with Crippen molar-refractivity contribution in [2.75, 3.05) is 0 Å². The molecule has 28 heavy (non-hydrogen) atoms. The number of aromatic nitrogens is 4. The Labute approximate surface area is 168 Å². The van der Waals surface area contributed by atoms with Gasteiger partial charge in [-0.3, -0.25) is 0 Å². The number of benzene rings is 1. The molecule has 2 aromatic heterocycles. The van der Waals surface area contributed by atoms with Crippen molar-refractivity contribution in [3.05, 3.63) is 56.4 Å². The van der Waals surface area contributed by atoms with Crippen LogP contribution < -0.4 is 0 Å². The van der Waals surface area contributed by atoms with Crippen LogP contribution in [0.5, 0.6) is 0 Å². The zero-order valence-electron chi connectivity index (χ0n) is 18.8. The third kappa shape index (κ3) is 3.11. The first-order valence-electron chi connectivity index (χ1n) is 9.79. The summed E-state index contributed by atoms with van der Waals surface area (Å²) in [5.74, 6) is 1.63. The lowest BCUT2D eigenvalue weighted by Crippen LogP contribution is -2.07. The third-order valence-electron chi connectivity index (χ3n) is 6.10. The maximum Gasteiger partial charge on any atom is 0.126 e. The van der Waals surface area contributed by atoms with Crippen LogP contribution >= 0.6 is 0 Å². The van der Waals surface area contributed by atoms with E-state index in [0.717, 1.165) is 45.6 Å². The molecule has 146 valence electrons. The van der Waals surface area contributed by atoms with Crippen molar-refractivity contribution in [1.29, 1.82) is 0 Å². The normalized spacial score (nSPS) is 11.2. The second-order valence-corrected chi connectivity index (χ2v) is 7.91.